The van der Waals surface area contributed by atoms with Gasteiger partial charge in [0.15, 0.2) is 0 Å². The van der Waals surface area contributed by atoms with Crippen LogP contribution in [0.2, 0.25) is 0 Å². The predicted octanol–water partition coefficient (Wildman–Crippen LogP) is 1.91. The highest BCUT2D eigenvalue weighted by atomic mass is 16.6. The Morgan fingerprint density at radius 1 is 1.35 bits per heavy atom. The maximum Gasteiger partial charge on any atom is 0.303 e. The van der Waals surface area contributed by atoms with Gasteiger partial charge in [-0.2, -0.15) is 5.10 Å². The zero-order valence-electron chi connectivity index (χ0n) is 12.0. The number of aromatic nitrogens is 2. The summed E-state index contributed by atoms with van der Waals surface area (Å²) >= 11 is 0. The smallest absolute Gasteiger partial charge is 0.303 e. The first-order chi connectivity index (χ1) is 11.0. The summed E-state index contributed by atoms with van der Waals surface area (Å²) in [5, 5.41) is 26.0. The van der Waals surface area contributed by atoms with Gasteiger partial charge in [0.2, 0.25) is 0 Å². The molecule has 0 aliphatic heterocycles. The van der Waals surface area contributed by atoms with Gasteiger partial charge in [-0.1, -0.05) is 12.1 Å². The van der Waals surface area contributed by atoms with E-state index in [2.05, 4.69) is 10.4 Å². The summed E-state index contributed by atoms with van der Waals surface area (Å²) < 4.78 is 1.50. The number of aliphatic carboxylic acids is 1. The molecule has 0 saturated heterocycles. The van der Waals surface area contributed by atoms with E-state index in [1.54, 1.807) is 0 Å². The number of para-hydroxylation sites is 1. The molecule has 0 bridgehead atoms. The number of nitro benzene ring substituents is 1. The van der Waals surface area contributed by atoms with E-state index < -0.39 is 16.8 Å². The minimum atomic E-state index is -0.887. The van der Waals surface area contributed by atoms with Crippen LogP contribution in [0.1, 0.15) is 23.2 Å². The highest BCUT2D eigenvalue weighted by Crippen LogP contribution is 2.19. The molecule has 0 aliphatic rings. The first kappa shape index (κ1) is 16.1. The maximum absolute atomic E-state index is 12.1. The van der Waals surface area contributed by atoms with Crippen LogP contribution < -0.4 is 5.32 Å². The van der Waals surface area contributed by atoms with Crippen molar-refractivity contribution in [2.75, 3.05) is 5.32 Å². The Bertz CT molecular complexity index is 740. The zero-order valence-corrected chi connectivity index (χ0v) is 12.0. The Morgan fingerprint density at radius 3 is 2.78 bits per heavy atom. The predicted molar refractivity (Wildman–Crippen MR) is 80.1 cm³/mol. The van der Waals surface area contributed by atoms with E-state index >= 15 is 0 Å². The molecule has 120 valence electrons. The van der Waals surface area contributed by atoms with Crippen LogP contribution in [0.25, 0.3) is 0 Å². The van der Waals surface area contributed by atoms with Crippen molar-refractivity contribution >= 4 is 23.3 Å². The number of amides is 1. The maximum atomic E-state index is 12.1. The van der Waals surface area contributed by atoms with Crippen LogP contribution >= 0.6 is 0 Å². The molecule has 9 heteroatoms. The number of hydrogen-bond acceptors (Lipinski definition) is 5. The number of carboxylic acids is 1. The number of rotatable bonds is 7. The first-order valence-corrected chi connectivity index (χ1v) is 6.76. The lowest BCUT2D eigenvalue weighted by Crippen LogP contribution is -2.13. The van der Waals surface area contributed by atoms with Gasteiger partial charge in [-0.05, 0) is 12.5 Å². The molecule has 0 fully saturated rings. The summed E-state index contributed by atoms with van der Waals surface area (Å²) in [6.07, 6.45) is 3.37. The highest BCUT2D eigenvalue weighted by Gasteiger charge is 2.19. The van der Waals surface area contributed by atoms with Crippen molar-refractivity contribution in [3.05, 3.63) is 52.3 Å². The fraction of sp³-hybridized carbons (Fsp3) is 0.214. The second kappa shape index (κ2) is 7.16. The molecule has 0 atom stereocenters. The summed E-state index contributed by atoms with van der Waals surface area (Å²) in [7, 11) is 0. The standard InChI is InChI=1S/C14H14N4O5/c19-13(20)6-3-7-17-9-10(8-15-17)16-14(21)11-4-1-2-5-12(11)18(22)23/h1-2,4-5,8-9H,3,6-7H2,(H,16,21)(H,19,20). The molecule has 0 saturated carbocycles. The van der Waals surface area contributed by atoms with Crippen molar-refractivity contribution < 1.29 is 19.6 Å². The van der Waals surface area contributed by atoms with E-state index in [9.17, 15) is 19.7 Å². The van der Waals surface area contributed by atoms with Gasteiger partial charge in [-0.15, -0.1) is 0 Å². The van der Waals surface area contributed by atoms with Gasteiger partial charge < -0.3 is 10.4 Å². The summed E-state index contributed by atoms with van der Waals surface area (Å²) in [5.41, 5.74) is 0.0541. The molecular weight excluding hydrogens is 304 g/mol. The Hall–Kier alpha value is -3.23. The number of carbonyl (C=O) groups is 2. The van der Waals surface area contributed by atoms with Gasteiger partial charge in [-0.3, -0.25) is 24.4 Å². The molecule has 1 heterocycles. The average molecular weight is 318 g/mol. The van der Waals surface area contributed by atoms with E-state index in [1.807, 2.05) is 0 Å². The van der Waals surface area contributed by atoms with Crippen LogP contribution in [0, 0.1) is 10.1 Å². The Kier molecular flexibility index (Phi) is 5.03. The van der Waals surface area contributed by atoms with Gasteiger partial charge in [0, 0.05) is 25.2 Å². The number of nitrogens with one attached hydrogen (secondary N) is 1. The molecule has 2 rings (SSSR count). The molecule has 0 aliphatic carbocycles. The minimum Gasteiger partial charge on any atom is -0.481 e. The van der Waals surface area contributed by atoms with E-state index in [4.69, 9.17) is 5.11 Å². The van der Waals surface area contributed by atoms with Crippen molar-refractivity contribution in [1.82, 2.24) is 9.78 Å². The van der Waals surface area contributed by atoms with Crippen molar-refractivity contribution in [2.24, 2.45) is 0 Å². The fourth-order valence-electron chi connectivity index (χ4n) is 1.97. The van der Waals surface area contributed by atoms with Gasteiger partial charge in [0.05, 0.1) is 16.8 Å². The second-order valence-electron chi connectivity index (χ2n) is 4.72. The number of nitrogens with zero attached hydrogens (tertiary/aromatic N) is 3. The third-order valence-electron chi connectivity index (χ3n) is 3.01. The lowest BCUT2D eigenvalue weighted by molar-refractivity contribution is -0.385. The molecule has 0 spiro atoms. The second-order valence-corrected chi connectivity index (χ2v) is 4.72. The van der Waals surface area contributed by atoms with Gasteiger partial charge in [0.1, 0.15) is 5.56 Å². The summed E-state index contributed by atoms with van der Waals surface area (Å²) in [6.45, 7) is 0.396. The Labute approximate surface area is 130 Å². The van der Waals surface area contributed by atoms with Crippen LogP contribution in [0.15, 0.2) is 36.7 Å². The molecule has 9 nitrogen and oxygen atoms in total. The van der Waals surface area contributed by atoms with Gasteiger partial charge in [0.25, 0.3) is 11.6 Å². The third kappa shape index (κ3) is 4.37. The van der Waals surface area contributed by atoms with Crippen molar-refractivity contribution in [2.45, 2.75) is 19.4 Å². The number of hydrogen-bond donors (Lipinski definition) is 2. The molecular formula is C14H14N4O5. The van der Waals surface area contributed by atoms with E-state index in [0.29, 0.717) is 18.7 Å². The first-order valence-electron chi connectivity index (χ1n) is 6.76. The molecule has 23 heavy (non-hydrogen) atoms. The summed E-state index contributed by atoms with van der Waals surface area (Å²) in [4.78, 5) is 32.9. The highest BCUT2D eigenvalue weighted by molar-refractivity contribution is 6.06. The summed E-state index contributed by atoms with van der Waals surface area (Å²) in [6, 6.07) is 5.64. The van der Waals surface area contributed by atoms with Crippen LogP contribution in [-0.2, 0) is 11.3 Å². The van der Waals surface area contributed by atoms with Crippen molar-refractivity contribution in [1.29, 1.82) is 0 Å². The van der Waals surface area contributed by atoms with E-state index in [0.717, 1.165) is 0 Å². The number of anilines is 1. The van der Waals surface area contributed by atoms with Crippen LogP contribution in [0.3, 0.4) is 0 Å². The topological polar surface area (TPSA) is 127 Å². The number of carbonyl (C=O) groups excluding carboxylic acids is 1. The third-order valence-corrected chi connectivity index (χ3v) is 3.01. The van der Waals surface area contributed by atoms with Crippen LogP contribution in [-0.4, -0.2) is 31.7 Å². The van der Waals surface area contributed by atoms with Gasteiger partial charge >= 0.3 is 5.97 Å². The number of nitro groups is 1. The molecule has 1 aromatic carbocycles. The van der Waals surface area contributed by atoms with Gasteiger partial charge in [-0.25, -0.2) is 0 Å². The lowest BCUT2D eigenvalue weighted by atomic mass is 10.1. The Balaban J connectivity index is 2.02. The number of aryl methyl sites for hydroxylation is 1. The molecule has 0 unspecified atom stereocenters. The number of carboxylic acid groups (broad SMARTS) is 1. The average Bonchev–Trinajstić information content (AvgIpc) is 2.94. The Morgan fingerprint density at radius 2 is 2.09 bits per heavy atom. The molecule has 0 radical (unpaired) electrons. The quantitative estimate of drug-likeness (QED) is 0.593. The monoisotopic (exact) mass is 318 g/mol. The minimum absolute atomic E-state index is 0.0256. The largest absolute Gasteiger partial charge is 0.481 e. The number of benzene rings is 1. The van der Waals surface area contributed by atoms with E-state index in [-0.39, 0.29) is 17.7 Å². The SMILES string of the molecule is O=C(O)CCCn1cc(NC(=O)c2ccccc2[N+](=O)[O-])cn1. The zero-order chi connectivity index (χ0) is 16.8. The molecule has 2 N–H and O–H groups in total. The van der Waals surface area contributed by atoms with Crippen molar-refractivity contribution in [3.63, 3.8) is 0 Å². The molecule has 1 amide bonds. The fourth-order valence-corrected chi connectivity index (χ4v) is 1.97. The molecule has 2 aromatic rings. The van der Waals surface area contributed by atoms with Crippen LogP contribution in [0.4, 0.5) is 11.4 Å². The van der Waals surface area contributed by atoms with Crippen LogP contribution in [0.5, 0.6) is 0 Å². The lowest BCUT2D eigenvalue weighted by Gasteiger charge is -2.03. The normalized spacial score (nSPS) is 10.3. The summed E-state index contributed by atoms with van der Waals surface area (Å²) in [5.74, 6) is -1.50. The van der Waals surface area contributed by atoms with E-state index in [1.165, 1.54) is 41.3 Å². The molecule has 1 aromatic heterocycles. The van der Waals surface area contributed by atoms with Crippen molar-refractivity contribution in [3.8, 4) is 0 Å².